The predicted molar refractivity (Wildman–Crippen MR) is 90.3 cm³/mol. The summed E-state index contributed by atoms with van der Waals surface area (Å²) in [4.78, 5) is 16.3. The number of rotatable bonds is 5. The maximum absolute atomic E-state index is 12.0. The maximum atomic E-state index is 12.0. The Bertz CT molecular complexity index is 836. The molecule has 0 radical (unpaired) electrons. The van der Waals surface area contributed by atoms with Gasteiger partial charge in [0.05, 0.1) is 6.42 Å². The van der Waals surface area contributed by atoms with Crippen LogP contribution in [0, 0.1) is 13.8 Å². The predicted octanol–water partition coefficient (Wildman–Crippen LogP) is 3.35. The summed E-state index contributed by atoms with van der Waals surface area (Å²) in [7, 11) is 0. The van der Waals surface area contributed by atoms with E-state index in [2.05, 4.69) is 10.3 Å². The van der Waals surface area contributed by atoms with E-state index in [4.69, 9.17) is 4.42 Å². The van der Waals surface area contributed by atoms with E-state index >= 15 is 0 Å². The summed E-state index contributed by atoms with van der Waals surface area (Å²) >= 11 is 0. The lowest BCUT2D eigenvalue weighted by molar-refractivity contribution is -0.120. The minimum absolute atomic E-state index is 0.0500. The van der Waals surface area contributed by atoms with Crippen LogP contribution in [0.15, 0.2) is 46.9 Å². The van der Waals surface area contributed by atoms with Crippen molar-refractivity contribution in [3.05, 3.63) is 65.0 Å². The number of nitrogens with zero attached hydrogens (tertiary/aromatic N) is 1. The van der Waals surface area contributed by atoms with E-state index in [0.717, 1.165) is 28.6 Å². The molecule has 0 aliphatic carbocycles. The number of aryl methyl sites for hydroxylation is 2. The molecule has 1 N–H and O–H groups in total. The molecule has 0 saturated heterocycles. The third-order valence-corrected chi connectivity index (χ3v) is 3.74. The van der Waals surface area contributed by atoms with Gasteiger partial charge in [0.1, 0.15) is 5.52 Å². The molecule has 0 bridgehead atoms. The average Bonchev–Trinajstić information content (AvgIpc) is 2.86. The van der Waals surface area contributed by atoms with Crippen molar-refractivity contribution in [3.63, 3.8) is 0 Å². The standard InChI is InChI=1S/C19H20N2O2/c1-13-4-3-5-16(10-13)12-19(22)20-9-8-15-6-7-18-17(11-15)21-14(2)23-18/h3-7,10-11H,8-9,12H2,1-2H3,(H,20,22). The molecular weight excluding hydrogens is 288 g/mol. The van der Waals surface area contributed by atoms with Crippen LogP contribution < -0.4 is 5.32 Å². The molecule has 118 valence electrons. The van der Waals surface area contributed by atoms with E-state index in [0.29, 0.717) is 18.9 Å². The number of amides is 1. The highest BCUT2D eigenvalue weighted by Gasteiger charge is 2.05. The Balaban J connectivity index is 1.52. The molecule has 0 atom stereocenters. The van der Waals surface area contributed by atoms with Gasteiger partial charge < -0.3 is 9.73 Å². The fourth-order valence-corrected chi connectivity index (χ4v) is 2.66. The number of carbonyl (C=O) groups is 1. The summed E-state index contributed by atoms with van der Waals surface area (Å²) in [6.07, 6.45) is 1.20. The van der Waals surface area contributed by atoms with Crippen molar-refractivity contribution in [3.8, 4) is 0 Å². The molecule has 1 heterocycles. The van der Waals surface area contributed by atoms with Crippen LogP contribution >= 0.6 is 0 Å². The van der Waals surface area contributed by atoms with Gasteiger partial charge in [0.2, 0.25) is 5.91 Å². The normalized spacial score (nSPS) is 10.9. The molecule has 3 aromatic rings. The van der Waals surface area contributed by atoms with Crippen molar-refractivity contribution in [2.75, 3.05) is 6.54 Å². The molecule has 1 aromatic heterocycles. The second-order valence-corrected chi connectivity index (χ2v) is 5.80. The fourth-order valence-electron chi connectivity index (χ4n) is 2.66. The van der Waals surface area contributed by atoms with Crippen LogP contribution in [-0.4, -0.2) is 17.4 Å². The number of hydrogen-bond donors (Lipinski definition) is 1. The van der Waals surface area contributed by atoms with Crippen molar-refractivity contribution >= 4 is 17.0 Å². The first-order valence-corrected chi connectivity index (χ1v) is 7.78. The molecule has 2 aromatic carbocycles. The Morgan fingerprint density at radius 3 is 2.83 bits per heavy atom. The second-order valence-electron chi connectivity index (χ2n) is 5.80. The molecule has 23 heavy (non-hydrogen) atoms. The van der Waals surface area contributed by atoms with Crippen LogP contribution in [0.25, 0.3) is 11.1 Å². The van der Waals surface area contributed by atoms with Crippen LogP contribution in [-0.2, 0) is 17.6 Å². The Morgan fingerprint density at radius 1 is 1.13 bits per heavy atom. The fraction of sp³-hybridized carbons (Fsp3) is 0.263. The summed E-state index contributed by atoms with van der Waals surface area (Å²) in [5, 5.41) is 2.97. The van der Waals surface area contributed by atoms with E-state index in [9.17, 15) is 4.79 Å². The van der Waals surface area contributed by atoms with E-state index < -0.39 is 0 Å². The number of fused-ring (bicyclic) bond motifs is 1. The van der Waals surface area contributed by atoms with Crippen molar-refractivity contribution in [2.24, 2.45) is 0 Å². The molecule has 0 unspecified atom stereocenters. The zero-order chi connectivity index (χ0) is 16.2. The summed E-state index contributed by atoms with van der Waals surface area (Å²) in [5.74, 6) is 0.720. The molecular formula is C19H20N2O2. The molecule has 0 fully saturated rings. The van der Waals surface area contributed by atoms with Crippen LogP contribution in [0.2, 0.25) is 0 Å². The number of aromatic nitrogens is 1. The molecule has 0 saturated carbocycles. The van der Waals surface area contributed by atoms with E-state index in [1.807, 2.05) is 56.3 Å². The Hall–Kier alpha value is -2.62. The Labute approximate surface area is 135 Å². The zero-order valence-corrected chi connectivity index (χ0v) is 13.4. The van der Waals surface area contributed by atoms with Gasteiger partial charge in [-0.3, -0.25) is 4.79 Å². The van der Waals surface area contributed by atoms with Crippen LogP contribution in [0.4, 0.5) is 0 Å². The van der Waals surface area contributed by atoms with Crippen molar-refractivity contribution in [2.45, 2.75) is 26.7 Å². The highest BCUT2D eigenvalue weighted by Crippen LogP contribution is 2.16. The van der Waals surface area contributed by atoms with Gasteiger partial charge in [0.15, 0.2) is 11.5 Å². The highest BCUT2D eigenvalue weighted by atomic mass is 16.3. The van der Waals surface area contributed by atoms with Crippen molar-refractivity contribution in [1.29, 1.82) is 0 Å². The van der Waals surface area contributed by atoms with Crippen molar-refractivity contribution < 1.29 is 9.21 Å². The van der Waals surface area contributed by atoms with Crippen LogP contribution in [0.5, 0.6) is 0 Å². The van der Waals surface area contributed by atoms with Crippen LogP contribution in [0.3, 0.4) is 0 Å². The largest absolute Gasteiger partial charge is 0.441 e. The van der Waals surface area contributed by atoms with Gasteiger partial charge in [0.25, 0.3) is 0 Å². The van der Waals surface area contributed by atoms with E-state index in [1.165, 1.54) is 5.56 Å². The minimum atomic E-state index is 0.0500. The lowest BCUT2D eigenvalue weighted by Crippen LogP contribution is -2.27. The first kappa shape index (κ1) is 15.3. The number of nitrogens with one attached hydrogen (secondary N) is 1. The van der Waals surface area contributed by atoms with E-state index in [1.54, 1.807) is 0 Å². The first-order chi connectivity index (χ1) is 11.1. The molecule has 4 nitrogen and oxygen atoms in total. The number of carbonyl (C=O) groups excluding carboxylic acids is 1. The third-order valence-electron chi connectivity index (χ3n) is 3.74. The molecule has 1 amide bonds. The SMILES string of the molecule is Cc1cccc(CC(=O)NCCc2ccc3oc(C)nc3c2)c1. The smallest absolute Gasteiger partial charge is 0.224 e. The summed E-state index contributed by atoms with van der Waals surface area (Å²) in [6.45, 7) is 4.49. The zero-order valence-electron chi connectivity index (χ0n) is 13.4. The van der Waals surface area contributed by atoms with Gasteiger partial charge in [0, 0.05) is 13.5 Å². The second kappa shape index (κ2) is 6.65. The molecule has 0 aliphatic heterocycles. The van der Waals surface area contributed by atoms with E-state index in [-0.39, 0.29) is 5.91 Å². The number of benzene rings is 2. The van der Waals surface area contributed by atoms with Gasteiger partial charge in [-0.25, -0.2) is 4.98 Å². The van der Waals surface area contributed by atoms with Gasteiger partial charge in [-0.15, -0.1) is 0 Å². The number of oxazole rings is 1. The van der Waals surface area contributed by atoms with Gasteiger partial charge >= 0.3 is 0 Å². The van der Waals surface area contributed by atoms with Crippen LogP contribution in [0.1, 0.15) is 22.6 Å². The summed E-state index contributed by atoms with van der Waals surface area (Å²) in [5.41, 5.74) is 5.02. The molecule has 4 heteroatoms. The lowest BCUT2D eigenvalue weighted by Gasteiger charge is -2.06. The quantitative estimate of drug-likeness (QED) is 0.786. The van der Waals surface area contributed by atoms with Gasteiger partial charge in [-0.1, -0.05) is 35.9 Å². The monoisotopic (exact) mass is 308 g/mol. The Kier molecular flexibility index (Phi) is 4.42. The highest BCUT2D eigenvalue weighted by molar-refractivity contribution is 5.78. The summed E-state index contributed by atoms with van der Waals surface area (Å²) in [6, 6.07) is 14.0. The van der Waals surface area contributed by atoms with Crippen molar-refractivity contribution in [1.82, 2.24) is 10.3 Å². The molecule has 0 spiro atoms. The molecule has 3 rings (SSSR count). The lowest BCUT2D eigenvalue weighted by atomic mass is 10.1. The minimum Gasteiger partial charge on any atom is -0.441 e. The number of hydrogen-bond acceptors (Lipinski definition) is 3. The first-order valence-electron chi connectivity index (χ1n) is 7.78. The van der Waals surface area contributed by atoms with Gasteiger partial charge in [-0.05, 0) is 36.6 Å². The summed E-state index contributed by atoms with van der Waals surface area (Å²) < 4.78 is 5.46. The van der Waals surface area contributed by atoms with Gasteiger partial charge in [-0.2, -0.15) is 0 Å². The topological polar surface area (TPSA) is 55.1 Å². The Morgan fingerprint density at radius 2 is 2.00 bits per heavy atom. The third kappa shape index (κ3) is 3.97. The maximum Gasteiger partial charge on any atom is 0.224 e. The molecule has 0 aliphatic rings. The average molecular weight is 308 g/mol.